The van der Waals surface area contributed by atoms with Gasteiger partial charge in [0.25, 0.3) is 10.0 Å². The van der Waals surface area contributed by atoms with Crippen LogP contribution >= 0.6 is 0 Å². The molecule has 0 fully saturated rings. The Morgan fingerprint density at radius 1 is 0.875 bits per heavy atom. The lowest BCUT2D eigenvalue weighted by Crippen LogP contribution is -2.52. The van der Waals surface area contributed by atoms with E-state index >= 15 is 0 Å². The number of carbonyl (C=O) groups is 2. The second-order valence-corrected chi connectivity index (χ2v) is 12.0. The minimum atomic E-state index is -4.15. The average molecular weight is 568 g/mol. The summed E-state index contributed by atoms with van der Waals surface area (Å²) in [5.41, 5.74) is 1.55. The highest BCUT2D eigenvalue weighted by atomic mass is 32.2. The standard InChI is InChI=1S/C31H38FN3O4S/c1-6-23(4)33-31(37)24(5)34(20-26-12-10-11-15-29(26)32)30(36)21-35(27-18-16-25(17-19-27)22(2)3)40(38,39)28-13-8-7-9-14-28/h7-19,22-24H,6,20-21H2,1-5H3,(H,33,37)/t23-,24-/m0/s1. The minimum absolute atomic E-state index is 0.0268. The third-order valence-corrected chi connectivity index (χ3v) is 8.71. The number of hydrogen-bond donors (Lipinski definition) is 1. The van der Waals surface area contributed by atoms with Crippen molar-refractivity contribution in [1.82, 2.24) is 10.2 Å². The Labute approximate surface area is 237 Å². The van der Waals surface area contributed by atoms with Gasteiger partial charge in [0.2, 0.25) is 11.8 Å². The lowest BCUT2D eigenvalue weighted by Gasteiger charge is -2.32. The first-order valence-corrected chi connectivity index (χ1v) is 14.9. The molecule has 214 valence electrons. The van der Waals surface area contributed by atoms with Gasteiger partial charge in [-0.15, -0.1) is 0 Å². The monoisotopic (exact) mass is 567 g/mol. The Hall–Kier alpha value is -3.72. The molecular weight excluding hydrogens is 529 g/mol. The highest BCUT2D eigenvalue weighted by Crippen LogP contribution is 2.26. The first kappa shape index (κ1) is 30.8. The number of sulfonamides is 1. The zero-order valence-electron chi connectivity index (χ0n) is 23.7. The van der Waals surface area contributed by atoms with Gasteiger partial charge in [0.1, 0.15) is 18.4 Å². The van der Waals surface area contributed by atoms with E-state index in [9.17, 15) is 22.4 Å². The van der Waals surface area contributed by atoms with Gasteiger partial charge in [0.15, 0.2) is 0 Å². The summed E-state index contributed by atoms with van der Waals surface area (Å²) in [5.74, 6) is -1.33. The summed E-state index contributed by atoms with van der Waals surface area (Å²) in [5, 5.41) is 2.86. The van der Waals surface area contributed by atoms with Crippen molar-refractivity contribution in [1.29, 1.82) is 0 Å². The van der Waals surface area contributed by atoms with E-state index in [1.54, 1.807) is 49.4 Å². The maximum absolute atomic E-state index is 14.6. The first-order valence-electron chi connectivity index (χ1n) is 13.5. The molecule has 2 amide bonds. The van der Waals surface area contributed by atoms with Crippen molar-refractivity contribution >= 4 is 27.5 Å². The number of amides is 2. The van der Waals surface area contributed by atoms with E-state index in [0.29, 0.717) is 12.1 Å². The van der Waals surface area contributed by atoms with Crippen molar-refractivity contribution < 1.29 is 22.4 Å². The highest BCUT2D eigenvalue weighted by Gasteiger charge is 2.33. The number of rotatable bonds is 12. The van der Waals surface area contributed by atoms with E-state index in [2.05, 4.69) is 5.32 Å². The van der Waals surface area contributed by atoms with Gasteiger partial charge in [0, 0.05) is 18.2 Å². The Kier molecular flexibility index (Phi) is 10.5. The molecule has 0 unspecified atom stereocenters. The molecule has 40 heavy (non-hydrogen) atoms. The fraction of sp³-hybridized carbons (Fsp3) is 0.355. The molecular formula is C31H38FN3O4S. The fourth-order valence-corrected chi connectivity index (χ4v) is 5.57. The molecule has 0 heterocycles. The Morgan fingerprint density at radius 2 is 1.48 bits per heavy atom. The molecule has 2 atom stereocenters. The molecule has 0 aliphatic rings. The van der Waals surface area contributed by atoms with Crippen LogP contribution in [-0.2, 0) is 26.2 Å². The Balaban J connectivity index is 2.04. The summed E-state index contributed by atoms with van der Waals surface area (Å²) in [6, 6.07) is 19.8. The number of hydrogen-bond acceptors (Lipinski definition) is 4. The zero-order chi connectivity index (χ0) is 29.4. The van der Waals surface area contributed by atoms with Crippen LogP contribution in [0, 0.1) is 5.82 Å². The van der Waals surface area contributed by atoms with Crippen molar-refractivity contribution in [2.75, 3.05) is 10.8 Å². The lowest BCUT2D eigenvalue weighted by molar-refractivity contribution is -0.139. The zero-order valence-corrected chi connectivity index (χ0v) is 24.5. The van der Waals surface area contributed by atoms with E-state index in [1.807, 2.05) is 39.8 Å². The molecule has 3 aromatic carbocycles. The van der Waals surface area contributed by atoms with Crippen LogP contribution in [0.2, 0.25) is 0 Å². The predicted molar refractivity (Wildman–Crippen MR) is 156 cm³/mol. The molecule has 0 aromatic heterocycles. The fourth-order valence-electron chi connectivity index (χ4n) is 4.13. The molecule has 9 heteroatoms. The maximum atomic E-state index is 14.6. The van der Waals surface area contributed by atoms with Gasteiger partial charge in [-0.3, -0.25) is 13.9 Å². The summed E-state index contributed by atoms with van der Waals surface area (Å²) in [6.45, 7) is 8.62. The van der Waals surface area contributed by atoms with Gasteiger partial charge in [-0.1, -0.05) is 69.3 Å². The molecule has 0 aliphatic heterocycles. The summed E-state index contributed by atoms with van der Waals surface area (Å²) in [6.07, 6.45) is 0.690. The van der Waals surface area contributed by atoms with Crippen LogP contribution in [0.1, 0.15) is 58.1 Å². The van der Waals surface area contributed by atoms with E-state index in [4.69, 9.17) is 0 Å². The van der Waals surface area contributed by atoms with Gasteiger partial charge in [-0.05, 0) is 62.1 Å². The molecule has 0 bridgehead atoms. The van der Waals surface area contributed by atoms with Crippen LogP contribution in [0.4, 0.5) is 10.1 Å². The van der Waals surface area contributed by atoms with Crippen LogP contribution in [-0.4, -0.2) is 43.8 Å². The summed E-state index contributed by atoms with van der Waals surface area (Å²) in [7, 11) is -4.15. The number of halogens is 1. The number of carbonyl (C=O) groups excluding carboxylic acids is 2. The number of anilines is 1. The number of nitrogens with zero attached hydrogens (tertiary/aromatic N) is 2. The molecule has 1 N–H and O–H groups in total. The molecule has 0 saturated carbocycles. The van der Waals surface area contributed by atoms with Crippen molar-refractivity contribution in [3.05, 3.63) is 95.8 Å². The van der Waals surface area contributed by atoms with E-state index < -0.39 is 40.2 Å². The maximum Gasteiger partial charge on any atom is 0.264 e. The molecule has 0 radical (unpaired) electrons. The average Bonchev–Trinajstić information content (AvgIpc) is 2.95. The van der Waals surface area contributed by atoms with Crippen LogP contribution in [0.25, 0.3) is 0 Å². The molecule has 7 nitrogen and oxygen atoms in total. The first-order chi connectivity index (χ1) is 18.9. The van der Waals surface area contributed by atoms with Crippen molar-refractivity contribution in [2.45, 2.75) is 70.5 Å². The Bertz CT molecular complexity index is 1400. The second-order valence-electron chi connectivity index (χ2n) is 10.2. The van der Waals surface area contributed by atoms with Crippen LogP contribution in [0.3, 0.4) is 0 Å². The molecule has 3 rings (SSSR count). The second kappa shape index (κ2) is 13.6. The van der Waals surface area contributed by atoms with Gasteiger partial charge < -0.3 is 10.2 Å². The van der Waals surface area contributed by atoms with Gasteiger partial charge >= 0.3 is 0 Å². The molecule has 0 spiro atoms. The van der Waals surface area contributed by atoms with E-state index in [-0.39, 0.29) is 29.0 Å². The normalized spacial score (nSPS) is 13.0. The van der Waals surface area contributed by atoms with E-state index in [1.165, 1.54) is 29.2 Å². The van der Waals surface area contributed by atoms with Crippen molar-refractivity contribution in [2.24, 2.45) is 0 Å². The predicted octanol–water partition coefficient (Wildman–Crippen LogP) is 5.48. The SMILES string of the molecule is CC[C@H](C)NC(=O)[C@H](C)N(Cc1ccccc1F)C(=O)CN(c1ccc(C(C)C)cc1)S(=O)(=O)c1ccccc1. The Morgan fingerprint density at radius 3 is 2.05 bits per heavy atom. The van der Waals surface area contributed by atoms with Gasteiger partial charge in [-0.2, -0.15) is 0 Å². The number of benzene rings is 3. The minimum Gasteiger partial charge on any atom is -0.352 e. The molecule has 0 saturated heterocycles. The van der Waals surface area contributed by atoms with Gasteiger partial charge in [0.05, 0.1) is 10.6 Å². The number of nitrogens with one attached hydrogen (secondary N) is 1. The van der Waals surface area contributed by atoms with E-state index in [0.717, 1.165) is 9.87 Å². The quantitative estimate of drug-likeness (QED) is 0.314. The summed E-state index contributed by atoms with van der Waals surface area (Å²) >= 11 is 0. The third-order valence-electron chi connectivity index (χ3n) is 6.92. The van der Waals surface area contributed by atoms with Crippen molar-refractivity contribution in [3.8, 4) is 0 Å². The van der Waals surface area contributed by atoms with Crippen LogP contribution in [0.5, 0.6) is 0 Å². The van der Waals surface area contributed by atoms with Gasteiger partial charge in [-0.25, -0.2) is 12.8 Å². The summed E-state index contributed by atoms with van der Waals surface area (Å²) < 4.78 is 43.3. The van der Waals surface area contributed by atoms with Crippen molar-refractivity contribution in [3.63, 3.8) is 0 Å². The molecule has 0 aliphatic carbocycles. The smallest absolute Gasteiger partial charge is 0.264 e. The largest absolute Gasteiger partial charge is 0.352 e. The summed E-state index contributed by atoms with van der Waals surface area (Å²) in [4.78, 5) is 28.2. The van der Waals surface area contributed by atoms with Crippen LogP contribution in [0.15, 0.2) is 83.8 Å². The molecule has 3 aromatic rings. The topological polar surface area (TPSA) is 86.8 Å². The highest BCUT2D eigenvalue weighted by molar-refractivity contribution is 7.92. The third kappa shape index (κ3) is 7.47. The van der Waals surface area contributed by atoms with Crippen LogP contribution < -0.4 is 9.62 Å². The lowest BCUT2D eigenvalue weighted by atomic mass is 10.0.